The maximum Gasteiger partial charge on any atom is 0.458 e. The third-order valence-electron chi connectivity index (χ3n) is 0. The third kappa shape index (κ3) is 8480. The molecule has 0 aliphatic rings. The van der Waals surface area contributed by atoms with Crippen molar-refractivity contribution in [1.29, 1.82) is 0 Å². The fourth-order valence-electron chi connectivity index (χ4n) is 0. The van der Waals surface area contributed by atoms with E-state index >= 15 is 0 Å². The average molecular weight is 56.8 g/mol. The van der Waals surface area contributed by atoms with Gasteiger partial charge in [0.1, 0.15) is 0 Å². The molecule has 0 heterocycles. The first kappa shape index (κ1) is 3.98. The van der Waals surface area contributed by atoms with Crippen LogP contribution in [-0.2, 0) is 0 Å². The van der Waals surface area contributed by atoms with Crippen LogP contribution < -0.4 is 0 Å². The zero-order valence-electron chi connectivity index (χ0n) is 1.97. The van der Waals surface area contributed by atoms with Crippen LogP contribution in [0.15, 0.2) is 0 Å². The van der Waals surface area contributed by atoms with Crippen molar-refractivity contribution in [2.75, 3.05) is 0 Å². The number of hydrogen-bond donors (Lipinski definition) is 2. The largest absolute Gasteiger partial charge is 0.458 e. The highest BCUT2D eigenvalue weighted by molar-refractivity contribution is 6.43. The van der Waals surface area contributed by atoms with Gasteiger partial charge in [0.05, 0.1) is 0 Å². The molecular formula is CH2BO2. The molecule has 0 atom stereocenters. The molecule has 0 unspecified atom stereocenters. The van der Waals surface area contributed by atoms with Crippen molar-refractivity contribution in [1.82, 2.24) is 0 Å². The van der Waals surface area contributed by atoms with Crippen molar-refractivity contribution < 1.29 is 10.0 Å². The first-order chi connectivity index (χ1) is 1.73. The highest BCUT2D eigenvalue weighted by Crippen LogP contribution is 1.47. The van der Waals surface area contributed by atoms with Crippen molar-refractivity contribution in [3.8, 4) is 0 Å². The highest BCUT2D eigenvalue weighted by Gasteiger charge is 1.87. The van der Waals surface area contributed by atoms with Crippen molar-refractivity contribution in [2.24, 2.45) is 0 Å². The van der Waals surface area contributed by atoms with E-state index in [9.17, 15) is 0 Å². The molecular weight excluding hydrogens is 54.8 g/mol. The van der Waals surface area contributed by atoms with E-state index in [4.69, 9.17) is 16.9 Å². The van der Waals surface area contributed by atoms with Gasteiger partial charge >= 0.3 is 7.12 Å². The molecule has 4 heavy (non-hydrogen) atoms. The van der Waals surface area contributed by atoms with E-state index in [0.717, 1.165) is 0 Å². The Hall–Kier alpha value is -0.0151. The second-order valence-electron chi connectivity index (χ2n) is 0.374. The smallest absolute Gasteiger partial charge is 0.427 e. The van der Waals surface area contributed by atoms with Crippen molar-refractivity contribution in [3.05, 3.63) is 6.82 Å². The summed E-state index contributed by atoms with van der Waals surface area (Å²) >= 11 is 0. The molecule has 2 N–H and O–H groups in total. The lowest BCUT2D eigenvalue weighted by Gasteiger charge is -1.70. The Labute approximate surface area is 25.2 Å². The Morgan fingerprint density at radius 1 is 1.50 bits per heavy atom. The van der Waals surface area contributed by atoms with Crippen LogP contribution in [0.2, 0.25) is 0 Å². The maximum absolute atomic E-state index is 7.28. The minimum atomic E-state index is -1.92. The molecule has 0 fully saturated rings. The molecule has 0 bridgehead atoms. The van der Waals surface area contributed by atoms with Gasteiger partial charge in [0, 0.05) is 6.82 Å². The summed E-state index contributed by atoms with van der Waals surface area (Å²) in [5.74, 6) is 0. The Kier molecular flexibility index (Phi) is 1.31. The topological polar surface area (TPSA) is 40.5 Å². The van der Waals surface area contributed by atoms with Gasteiger partial charge < -0.3 is 10.0 Å². The standard InChI is InChI=1S/CH2BO2/c1-2(3)4/h3-4H. The van der Waals surface area contributed by atoms with Gasteiger partial charge in [-0.2, -0.15) is 0 Å². The summed E-state index contributed by atoms with van der Waals surface area (Å²) in [6.07, 6.45) is 0. The summed E-state index contributed by atoms with van der Waals surface area (Å²) in [5.41, 5.74) is 0. The Morgan fingerprint density at radius 2 is 1.50 bits per heavy atom. The summed E-state index contributed by atoms with van der Waals surface area (Å²) in [5, 5.41) is 14.6. The van der Waals surface area contributed by atoms with E-state index in [0.29, 0.717) is 0 Å². The zero-order chi connectivity index (χ0) is 3.58. The average Bonchev–Trinajstić information content (AvgIpc) is 0.811. The summed E-state index contributed by atoms with van der Waals surface area (Å²) in [6.45, 7) is 5.69. The number of hydrogen-bond acceptors (Lipinski definition) is 2. The molecule has 0 aliphatic heterocycles. The van der Waals surface area contributed by atoms with Crippen LogP contribution in [-0.4, -0.2) is 17.2 Å². The van der Waals surface area contributed by atoms with Gasteiger partial charge in [0.15, 0.2) is 0 Å². The predicted octanol–water partition coefficient (Wildman–Crippen LogP) is -1.41. The van der Waals surface area contributed by atoms with Crippen LogP contribution >= 0.6 is 0 Å². The van der Waals surface area contributed by atoms with Crippen molar-refractivity contribution in [3.63, 3.8) is 0 Å². The van der Waals surface area contributed by atoms with Gasteiger partial charge in [-0.05, 0) is 0 Å². The maximum atomic E-state index is 7.28. The molecule has 0 rings (SSSR count). The molecule has 3 heteroatoms. The quantitative estimate of drug-likeness (QED) is 0.335. The van der Waals surface area contributed by atoms with Gasteiger partial charge in [0.2, 0.25) is 0 Å². The van der Waals surface area contributed by atoms with Gasteiger partial charge in [-0.3, -0.25) is 0 Å². The number of rotatable bonds is 0. The summed E-state index contributed by atoms with van der Waals surface area (Å²) in [7, 11) is -1.92. The molecule has 0 spiro atoms. The Morgan fingerprint density at radius 3 is 1.50 bits per heavy atom. The van der Waals surface area contributed by atoms with E-state index < -0.39 is 7.12 Å². The molecule has 0 amide bonds. The van der Waals surface area contributed by atoms with E-state index in [1.54, 1.807) is 0 Å². The van der Waals surface area contributed by atoms with Crippen molar-refractivity contribution in [2.45, 2.75) is 0 Å². The van der Waals surface area contributed by atoms with E-state index in [1.807, 2.05) is 0 Å². The Balaban J connectivity index is 2.32. The first-order valence-corrected chi connectivity index (χ1v) is 0.805. The first-order valence-electron chi connectivity index (χ1n) is 0.805. The molecule has 0 aromatic carbocycles. The van der Waals surface area contributed by atoms with Gasteiger partial charge in [0.25, 0.3) is 0 Å². The molecule has 0 saturated heterocycles. The summed E-state index contributed by atoms with van der Waals surface area (Å²) in [6, 6.07) is 0. The molecule has 0 aromatic rings. The van der Waals surface area contributed by atoms with Gasteiger partial charge in [-0.1, -0.05) is 0 Å². The molecule has 0 aliphatic carbocycles. The minimum Gasteiger partial charge on any atom is -0.427 e. The normalized spacial score (nSPS) is 6.75. The van der Waals surface area contributed by atoms with Crippen LogP contribution in [0.5, 0.6) is 0 Å². The second kappa shape index (κ2) is 1.32. The SMILES string of the molecule is [C]B(O)O. The fourth-order valence-corrected chi connectivity index (χ4v) is 0. The van der Waals surface area contributed by atoms with Crippen LogP contribution in [0.4, 0.5) is 0 Å². The van der Waals surface area contributed by atoms with Crippen LogP contribution in [0.3, 0.4) is 0 Å². The fraction of sp³-hybridized carbons (Fsp3) is 0. The summed E-state index contributed by atoms with van der Waals surface area (Å²) in [4.78, 5) is 0. The summed E-state index contributed by atoms with van der Waals surface area (Å²) < 4.78 is 0. The predicted molar refractivity (Wildman–Crippen MR) is 13.4 cm³/mol. The van der Waals surface area contributed by atoms with Crippen molar-refractivity contribution >= 4 is 7.12 Å². The van der Waals surface area contributed by atoms with Gasteiger partial charge in [-0.25, -0.2) is 0 Å². The molecule has 21 valence electrons. The van der Waals surface area contributed by atoms with Gasteiger partial charge in [-0.15, -0.1) is 0 Å². The van der Waals surface area contributed by atoms with E-state index in [2.05, 4.69) is 0 Å². The highest BCUT2D eigenvalue weighted by atomic mass is 16.4. The zero-order valence-corrected chi connectivity index (χ0v) is 1.97. The van der Waals surface area contributed by atoms with Crippen LogP contribution in [0, 0.1) is 6.82 Å². The van der Waals surface area contributed by atoms with Crippen LogP contribution in [0.25, 0.3) is 0 Å². The monoisotopic (exact) mass is 57.0 g/mol. The third-order valence-corrected chi connectivity index (χ3v) is 0. The lowest BCUT2D eigenvalue weighted by molar-refractivity contribution is 0.423. The molecule has 2 nitrogen and oxygen atoms in total. The molecule has 3 radical (unpaired) electrons. The molecule has 0 saturated carbocycles. The van der Waals surface area contributed by atoms with E-state index in [-0.39, 0.29) is 0 Å². The lowest BCUT2D eigenvalue weighted by atomic mass is 9.99. The Bertz CT molecular complexity index is 10.8. The lowest BCUT2D eigenvalue weighted by Crippen LogP contribution is -2.02. The van der Waals surface area contributed by atoms with Crippen LogP contribution in [0.1, 0.15) is 0 Å². The minimum absolute atomic E-state index is 1.92. The van der Waals surface area contributed by atoms with E-state index in [1.165, 1.54) is 0 Å². The second-order valence-corrected chi connectivity index (χ2v) is 0.374. The molecule has 0 aromatic heterocycles.